The zero-order valence-corrected chi connectivity index (χ0v) is 38.3. The molecule has 0 fully saturated rings. The molecule has 0 aliphatic heterocycles. The Morgan fingerprint density at radius 3 is 1.49 bits per heavy atom. The van der Waals surface area contributed by atoms with E-state index in [2.05, 4.69) is 287 Å². The fourth-order valence-corrected chi connectivity index (χ4v) is 11.9. The molecule has 1 unspecified atom stereocenters. The Morgan fingerprint density at radius 2 is 0.771 bits per heavy atom. The maximum absolute atomic E-state index is 2.50. The third-order valence-corrected chi connectivity index (χ3v) is 14.8. The van der Waals surface area contributed by atoms with E-state index >= 15 is 0 Å². The molecule has 70 heavy (non-hydrogen) atoms. The summed E-state index contributed by atoms with van der Waals surface area (Å²) in [4.78, 5) is 4.90. The van der Waals surface area contributed by atoms with Gasteiger partial charge in [0.25, 0.3) is 0 Å². The molecule has 1 aromatic heterocycles. The Bertz CT molecular complexity index is 3930. The molecule has 0 amide bonds. The van der Waals surface area contributed by atoms with E-state index in [4.69, 9.17) is 0 Å². The number of anilines is 6. The molecule has 2 aliphatic carbocycles. The number of aromatic nitrogens is 1. The van der Waals surface area contributed by atoms with Crippen molar-refractivity contribution in [3.63, 3.8) is 0 Å². The zero-order valence-electron chi connectivity index (χ0n) is 38.3. The first-order chi connectivity index (χ1) is 34.8. The highest BCUT2D eigenvalue weighted by Gasteiger charge is 2.53. The number of para-hydroxylation sites is 4. The normalized spacial score (nSPS) is 14.1. The van der Waals surface area contributed by atoms with Crippen molar-refractivity contribution in [2.75, 3.05) is 9.80 Å². The number of hydrogen-bond donors (Lipinski definition) is 0. The second-order valence-corrected chi connectivity index (χ2v) is 18.4. The van der Waals surface area contributed by atoms with Crippen LogP contribution in [0.1, 0.15) is 22.3 Å². The Hall–Kier alpha value is -9.18. The van der Waals surface area contributed by atoms with Crippen molar-refractivity contribution < 1.29 is 0 Å². The van der Waals surface area contributed by atoms with Crippen molar-refractivity contribution in [3.05, 3.63) is 295 Å². The molecule has 1 heterocycles. The van der Waals surface area contributed by atoms with Crippen LogP contribution >= 0.6 is 0 Å². The van der Waals surface area contributed by atoms with E-state index in [0.717, 1.165) is 45.3 Å². The van der Waals surface area contributed by atoms with E-state index in [1.165, 1.54) is 71.9 Å². The highest BCUT2D eigenvalue weighted by Crippen LogP contribution is 2.66. The predicted octanol–water partition coefficient (Wildman–Crippen LogP) is 17.7. The third kappa shape index (κ3) is 5.95. The Morgan fingerprint density at radius 1 is 0.286 bits per heavy atom. The van der Waals surface area contributed by atoms with E-state index in [1.54, 1.807) is 0 Å². The van der Waals surface area contributed by atoms with Gasteiger partial charge in [0, 0.05) is 50.5 Å². The number of fused-ring (bicyclic) bond motifs is 13. The first-order valence-corrected chi connectivity index (χ1v) is 24.2. The maximum Gasteiger partial charge on any atom is 0.0746 e. The van der Waals surface area contributed by atoms with Gasteiger partial charge in [-0.2, -0.15) is 0 Å². The van der Waals surface area contributed by atoms with Crippen molar-refractivity contribution >= 4 is 55.9 Å². The summed E-state index contributed by atoms with van der Waals surface area (Å²) in [5.74, 6) is 0. The van der Waals surface area contributed by atoms with Crippen molar-refractivity contribution in [2.45, 2.75) is 5.41 Å². The van der Waals surface area contributed by atoms with Gasteiger partial charge in [0.2, 0.25) is 0 Å². The lowest BCUT2D eigenvalue weighted by molar-refractivity contribution is 0.793. The van der Waals surface area contributed by atoms with Crippen molar-refractivity contribution in [3.8, 4) is 39.1 Å². The van der Waals surface area contributed by atoms with E-state index in [9.17, 15) is 0 Å². The molecule has 328 valence electrons. The maximum atomic E-state index is 2.50. The zero-order chi connectivity index (χ0) is 46.2. The van der Waals surface area contributed by atoms with Gasteiger partial charge in [0.05, 0.1) is 22.1 Å². The SMILES string of the molecule is c1ccc(-c2ccc(N(c3ccccc3)c3ccc4c(c3)-c3ccccc3C43c4ccccc4-c4cccc(N(c5ccccc5)c5ccc6c7ccccc7n(-c7ccccc7)c6c5)c43)cc2)cc1. The number of nitrogens with zero attached hydrogens (tertiary/aromatic N) is 3. The summed E-state index contributed by atoms with van der Waals surface area (Å²) in [6, 6.07) is 100. The molecule has 1 spiro atoms. The van der Waals surface area contributed by atoms with E-state index in [0.29, 0.717) is 0 Å². The van der Waals surface area contributed by atoms with Crippen LogP contribution in [0.5, 0.6) is 0 Å². The summed E-state index contributed by atoms with van der Waals surface area (Å²) >= 11 is 0. The van der Waals surface area contributed by atoms with Gasteiger partial charge in [-0.25, -0.2) is 0 Å². The first kappa shape index (κ1) is 39.9. The highest BCUT2D eigenvalue weighted by molar-refractivity contribution is 6.11. The van der Waals surface area contributed by atoms with Gasteiger partial charge < -0.3 is 14.4 Å². The number of hydrogen-bond acceptors (Lipinski definition) is 2. The molecule has 2 aliphatic rings. The average Bonchev–Trinajstić information content (AvgIpc) is 4.04. The lowest BCUT2D eigenvalue weighted by Crippen LogP contribution is -2.28. The monoisotopic (exact) mass is 891 g/mol. The molecule has 0 bridgehead atoms. The summed E-state index contributed by atoms with van der Waals surface area (Å²) in [6.07, 6.45) is 0. The molecular weight excluding hydrogens is 847 g/mol. The first-order valence-electron chi connectivity index (χ1n) is 24.2. The van der Waals surface area contributed by atoms with E-state index in [1.807, 2.05) is 0 Å². The Kier molecular flexibility index (Phi) is 9.11. The van der Waals surface area contributed by atoms with E-state index in [-0.39, 0.29) is 0 Å². The summed E-state index contributed by atoms with van der Waals surface area (Å²) in [5.41, 5.74) is 22.1. The van der Waals surface area contributed by atoms with Crippen LogP contribution < -0.4 is 9.80 Å². The van der Waals surface area contributed by atoms with Crippen molar-refractivity contribution in [1.82, 2.24) is 4.57 Å². The van der Waals surface area contributed by atoms with Crippen LogP contribution in [0.15, 0.2) is 273 Å². The Balaban J connectivity index is 1.00. The molecule has 0 radical (unpaired) electrons. The second kappa shape index (κ2) is 16.0. The summed E-state index contributed by atoms with van der Waals surface area (Å²) in [7, 11) is 0. The van der Waals surface area contributed by atoms with Gasteiger partial charge in [0.15, 0.2) is 0 Å². The van der Waals surface area contributed by atoms with Crippen LogP contribution in [0.25, 0.3) is 60.9 Å². The molecule has 0 saturated carbocycles. The molecule has 3 heteroatoms. The standard InChI is InChI=1S/C67H45N3/c1-5-20-46(21-6-1)47-36-38-51(39-37-47)68(48-22-7-2-8-23-48)52-41-43-62-59(44-52)55-29-14-17-33-61(55)67(62)60-32-16-13-28-54(60)58-31-19-35-64(66(58)67)69(49-24-9-3-10-25-49)53-40-42-57-56-30-15-18-34-63(56)70(65(57)45-53)50-26-11-4-12-27-50/h1-45H. The minimum atomic E-state index is -0.613. The predicted molar refractivity (Wildman–Crippen MR) is 292 cm³/mol. The molecule has 3 nitrogen and oxygen atoms in total. The second-order valence-electron chi connectivity index (χ2n) is 18.4. The van der Waals surface area contributed by atoms with Gasteiger partial charge in [-0.05, 0) is 135 Å². The van der Waals surface area contributed by atoms with Gasteiger partial charge >= 0.3 is 0 Å². The lowest BCUT2D eigenvalue weighted by atomic mass is 9.70. The Labute approximate surface area is 408 Å². The van der Waals surface area contributed by atoms with Gasteiger partial charge in [0.1, 0.15) is 0 Å². The molecule has 0 N–H and O–H groups in total. The molecule has 1 atom stereocenters. The number of benzene rings is 11. The summed E-state index contributed by atoms with van der Waals surface area (Å²) in [5, 5.41) is 2.47. The van der Waals surface area contributed by atoms with Gasteiger partial charge in [-0.1, -0.05) is 188 Å². The van der Waals surface area contributed by atoms with Crippen LogP contribution in [0.3, 0.4) is 0 Å². The molecule has 11 aromatic carbocycles. The minimum Gasteiger partial charge on any atom is -0.310 e. The van der Waals surface area contributed by atoms with E-state index < -0.39 is 5.41 Å². The topological polar surface area (TPSA) is 11.4 Å². The van der Waals surface area contributed by atoms with Crippen LogP contribution in [0, 0.1) is 0 Å². The van der Waals surface area contributed by atoms with Gasteiger partial charge in [-0.15, -0.1) is 0 Å². The average molecular weight is 892 g/mol. The third-order valence-electron chi connectivity index (χ3n) is 14.8. The van der Waals surface area contributed by atoms with Gasteiger partial charge in [-0.3, -0.25) is 0 Å². The summed E-state index contributed by atoms with van der Waals surface area (Å²) < 4.78 is 2.42. The smallest absolute Gasteiger partial charge is 0.0746 e. The van der Waals surface area contributed by atoms with Crippen LogP contribution in [-0.2, 0) is 5.41 Å². The fraction of sp³-hybridized carbons (Fsp3) is 0.0149. The van der Waals surface area contributed by atoms with Crippen LogP contribution in [0.4, 0.5) is 34.1 Å². The largest absolute Gasteiger partial charge is 0.310 e. The lowest BCUT2D eigenvalue weighted by Gasteiger charge is -2.36. The molecule has 12 aromatic rings. The summed E-state index contributed by atoms with van der Waals surface area (Å²) in [6.45, 7) is 0. The number of rotatable bonds is 8. The van der Waals surface area contributed by atoms with Crippen LogP contribution in [-0.4, -0.2) is 4.57 Å². The molecule has 14 rings (SSSR count). The minimum absolute atomic E-state index is 0.613. The van der Waals surface area contributed by atoms with Crippen molar-refractivity contribution in [1.29, 1.82) is 0 Å². The molecule has 0 saturated heterocycles. The highest BCUT2D eigenvalue weighted by atomic mass is 15.2. The molecular formula is C67H45N3. The van der Waals surface area contributed by atoms with Crippen molar-refractivity contribution in [2.24, 2.45) is 0 Å². The fourth-order valence-electron chi connectivity index (χ4n) is 11.9. The quantitative estimate of drug-likeness (QED) is 0.151. The van der Waals surface area contributed by atoms with Crippen LogP contribution in [0.2, 0.25) is 0 Å².